The van der Waals surface area contributed by atoms with Gasteiger partial charge in [0.15, 0.2) is 0 Å². The van der Waals surface area contributed by atoms with E-state index in [9.17, 15) is 0 Å². The first-order valence-corrected chi connectivity index (χ1v) is 6.74. The molecular weight excluding hydrogens is 266 g/mol. The van der Waals surface area contributed by atoms with Crippen LogP contribution in [-0.4, -0.2) is 16.8 Å². The molecule has 3 aromatic rings. The number of nitrogens with one attached hydrogen (secondary N) is 1. The Morgan fingerprint density at radius 3 is 2.57 bits per heavy atom. The summed E-state index contributed by atoms with van der Waals surface area (Å²) in [6.45, 7) is 2.52. The Morgan fingerprint density at radius 1 is 1.00 bits per heavy atom. The third-order valence-electron chi connectivity index (χ3n) is 2.87. The molecule has 0 spiro atoms. The highest BCUT2D eigenvalue weighted by molar-refractivity contribution is 5.63. The molecule has 0 amide bonds. The zero-order chi connectivity index (χ0) is 14.5. The van der Waals surface area contributed by atoms with Crippen molar-refractivity contribution in [3.8, 4) is 17.2 Å². The first-order valence-electron chi connectivity index (χ1n) is 6.74. The summed E-state index contributed by atoms with van der Waals surface area (Å²) in [5.74, 6) is 1.16. The van der Waals surface area contributed by atoms with Crippen molar-refractivity contribution in [3.63, 3.8) is 0 Å². The Balaban J connectivity index is 1.85. The Morgan fingerprint density at radius 2 is 1.76 bits per heavy atom. The van der Waals surface area contributed by atoms with Crippen LogP contribution in [-0.2, 0) is 0 Å². The molecule has 0 aliphatic rings. The minimum atomic E-state index is 0.350. The highest BCUT2D eigenvalue weighted by Crippen LogP contribution is 2.30. The minimum absolute atomic E-state index is 0.350. The number of hydrogen-bond donors (Lipinski definition) is 1. The fourth-order valence-electron chi connectivity index (χ4n) is 1.95. The van der Waals surface area contributed by atoms with E-state index in [1.807, 2.05) is 61.5 Å². The Labute approximate surface area is 122 Å². The molecular formula is C16H15N3O2. The second-order valence-electron chi connectivity index (χ2n) is 4.33. The largest absolute Gasteiger partial charge is 0.493 e. The lowest BCUT2D eigenvalue weighted by Crippen LogP contribution is -1.93. The average Bonchev–Trinajstić information content (AvgIpc) is 2.97. The molecule has 0 unspecified atom stereocenters. The van der Waals surface area contributed by atoms with Crippen LogP contribution >= 0.6 is 0 Å². The van der Waals surface area contributed by atoms with Crippen molar-refractivity contribution >= 4 is 11.7 Å². The summed E-state index contributed by atoms with van der Waals surface area (Å²) >= 11 is 0. The van der Waals surface area contributed by atoms with Gasteiger partial charge in [0.2, 0.25) is 0 Å². The van der Waals surface area contributed by atoms with E-state index in [4.69, 9.17) is 9.15 Å². The fourth-order valence-corrected chi connectivity index (χ4v) is 1.95. The molecule has 0 fully saturated rings. The third-order valence-corrected chi connectivity index (χ3v) is 2.87. The van der Waals surface area contributed by atoms with Crippen LogP contribution in [0.3, 0.4) is 0 Å². The van der Waals surface area contributed by atoms with E-state index in [1.165, 1.54) is 0 Å². The molecule has 106 valence electrons. The van der Waals surface area contributed by atoms with Crippen molar-refractivity contribution in [1.29, 1.82) is 0 Å². The maximum absolute atomic E-state index is 5.65. The molecule has 1 aromatic heterocycles. The van der Waals surface area contributed by atoms with E-state index >= 15 is 0 Å². The van der Waals surface area contributed by atoms with Gasteiger partial charge in [-0.3, -0.25) is 0 Å². The maximum atomic E-state index is 5.65. The molecule has 0 aliphatic carbocycles. The van der Waals surface area contributed by atoms with Crippen LogP contribution in [0.2, 0.25) is 0 Å². The summed E-state index contributed by atoms with van der Waals surface area (Å²) in [6.07, 6.45) is 0. The van der Waals surface area contributed by atoms with Gasteiger partial charge in [0.25, 0.3) is 5.89 Å². The van der Waals surface area contributed by atoms with Gasteiger partial charge in [-0.1, -0.05) is 35.4 Å². The lowest BCUT2D eigenvalue weighted by atomic mass is 10.2. The number of rotatable bonds is 5. The number of benzene rings is 2. The smallest absolute Gasteiger partial charge is 0.320 e. The Kier molecular flexibility index (Phi) is 3.82. The molecule has 0 atom stereocenters. The van der Waals surface area contributed by atoms with Crippen LogP contribution in [0.25, 0.3) is 11.5 Å². The van der Waals surface area contributed by atoms with Crippen LogP contribution in [0.15, 0.2) is 59.0 Å². The molecule has 1 N–H and O–H groups in total. The summed E-state index contributed by atoms with van der Waals surface area (Å²) in [6, 6.07) is 17.6. The number of anilines is 2. The molecule has 5 nitrogen and oxygen atoms in total. The lowest BCUT2D eigenvalue weighted by Gasteiger charge is -2.06. The van der Waals surface area contributed by atoms with E-state index in [1.54, 1.807) is 0 Å². The van der Waals surface area contributed by atoms with Crippen molar-refractivity contribution in [2.24, 2.45) is 0 Å². The monoisotopic (exact) mass is 281 g/mol. The number of ether oxygens (including phenoxy) is 1. The Hall–Kier alpha value is -2.82. The second kappa shape index (κ2) is 6.09. The van der Waals surface area contributed by atoms with Crippen LogP contribution < -0.4 is 10.1 Å². The van der Waals surface area contributed by atoms with Crippen LogP contribution in [0.1, 0.15) is 6.92 Å². The van der Waals surface area contributed by atoms with E-state index in [-0.39, 0.29) is 0 Å². The quantitative estimate of drug-likeness (QED) is 0.769. The summed E-state index contributed by atoms with van der Waals surface area (Å²) in [5.41, 5.74) is 1.68. The van der Waals surface area contributed by atoms with Crippen LogP contribution in [0.4, 0.5) is 11.7 Å². The van der Waals surface area contributed by atoms with E-state index in [2.05, 4.69) is 15.5 Å². The Bertz CT molecular complexity index is 710. The predicted octanol–water partition coefficient (Wildman–Crippen LogP) is 3.88. The molecule has 5 heteroatoms. The summed E-state index contributed by atoms with van der Waals surface area (Å²) in [5, 5.41) is 11.1. The molecule has 0 saturated carbocycles. The van der Waals surface area contributed by atoms with Gasteiger partial charge < -0.3 is 14.5 Å². The number of aromatic nitrogens is 2. The highest BCUT2D eigenvalue weighted by atomic mass is 16.5. The van der Waals surface area contributed by atoms with Gasteiger partial charge in [0.05, 0.1) is 12.2 Å². The van der Waals surface area contributed by atoms with Crippen molar-refractivity contribution in [1.82, 2.24) is 10.2 Å². The predicted molar refractivity (Wildman–Crippen MR) is 80.6 cm³/mol. The fraction of sp³-hybridized carbons (Fsp3) is 0.125. The minimum Gasteiger partial charge on any atom is -0.493 e. The SMILES string of the molecule is CCOc1ccccc1-c1nnc(Nc2ccccc2)o1. The van der Waals surface area contributed by atoms with Crippen molar-refractivity contribution in [3.05, 3.63) is 54.6 Å². The van der Waals surface area contributed by atoms with Gasteiger partial charge >= 0.3 is 6.01 Å². The van der Waals surface area contributed by atoms with Crippen molar-refractivity contribution < 1.29 is 9.15 Å². The first-order chi connectivity index (χ1) is 10.4. The number of hydrogen-bond acceptors (Lipinski definition) is 5. The average molecular weight is 281 g/mol. The van der Waals surface area contributed by atoms with Gasteiger partial charge in [-0.25, -0.2) is 0 Å². The van der Waals surface area contributed by atoms with E-state index in [0.717, 1.165) is 17.0 Å². The molecule has 21 heavy (non-hydrogen) atoms. The van der Waals surface area contributed by atoms with Crippen LogP contribution in [0.5, 0.6) is 5.75 Å². The zero-order valence-electron chi connectivity index (χ0n) is 11.6. The van der Waals surface area contributed by atoms with Gasteiger partial charge in [-0.2, -0.15) is 0 Å². The number of para-hydroxylation sites is 2. The zero-order valence-corrected chi connectivity index (χ0v) is 11.6. The van der Waals surface area contributed by atoms with Crippen molar-refractivity contribution in [2.75, 3.05) is 11.9 Å². The van der Waals surface area contributed by atoms with Gasteiger partial charge in [-0.15, -0.1) is 5.10 Å². The van der Waals surface area contributed by atoms with Crippen LogP contribution in [0, 0.1) is 0 Å². The van der Waals surface area contributed by atoms with Crippen molar-refractivity contribution in [2.45, 2.75) is 6.92 Å². The van der Waals surface area contributed by atoms with Gasteiger partial charge in [0.1, 0.15) is 5.75 Å². The van der Waals surface area contributed by atoms with Gasteiger partial charge in [-0.05, 0) is 31.2 Å². The first kappa shape index (κ1) is 13.2. The molecule has 2 aromatic carbocycles. The summed E-state index contributed by atoms with van der Waals surface area (Å²) in [7, 11) is 0. The van der Waals surface area contributed by atoms with E-state index in [0.29, 0.717) is 18.5 Å². The molecule has 0 aliphatic heterocycles. The second-order valence-corrected chi connectivity index (χ2v) is 4.33. The van der Waals surface area contributed by atoms with Gasteiger partial charge in [0, 0.05) is 5.69 Å². The standard InChI is InChI=1S/C16H15N3O2/c1-2-20-14-11-7-6-10-13(14)15-18-19-16(21-15)17-12-8-4-3-5-9-12/h3-11H,2H2,1H3,(H,17,19). The summed E-state index contributed by atoms with van der Waals surface area (Å²) < 4.78 is 11.2. The molecule has 0 radical (unpaired) electrons. The molecule has 0 bridgehead atoms. The maximum Gasteiger partial charge on any atom is 0.320 e. The topological polar surface area (TPSA) is 60.2 Å². The van der Waals surface area contributed by atoms with E-state index < -0.39 is 0 Å². The summed E-state index contributed by atoms with van der Waals surface area (Å²) in [4.78, 5) is 0. The number of nitrogens with zero attached hydrogens (tertiary/aromatic N) is 2. The lowest BCUT2D eigenvalue weighted by molar-refractivity contribution is 0.340. The highest BCUT2D eigenvalue weighted by Gasteiger charge is 2.13. The molecule has 0 saturated heterocycles. The molecule has 3 rings (SSSR count). The molecule has 1 heterocycles. The normalized spacial score (nSPS) is 10.3. The third kappa shape index (κ3) is 3.02.